The van der Waals surface area contributed by atoms with Crippen LogP contribution in [0.2, 0.25) is 0 Å². The van der Waals surface area contributed by atoms with E-state index in [4.69, 9.17) is 5.11 Å². The summed E-state index contributed by atoms with van der Waals surface area (Å²) in [4.78, 5) is 11.7. The van der Waals surface area contributed by atoms with E-state index in [0.29, 0.717) is 0 Å². The molecule has 1 aromatic rings. The third kappa shape index (κ3) is 4.85. The summed E-state index contributed by atoms with van der Waals surface area (Å²) in [6.07, 6.45) is 0. The molecular formula is C14H22N2O2. The number of amides is 1. The van der Waals surface area contributed by atoms with Gasteiger partial charge in [0, 0.05) is 18.3 Å². The molecule has 1 rings (SSSR count). The van der Waals surface area contributed by atoms with E-state index in [2.05, 4.69) is 10.6 Å². The fourth-order valence-electron chi connectivity index (χ4n) is 1.46. The minimum atomic E-state index is -0.0733. The van der Waals surface area contributed by atoms with Gasteiger partial charge in [-0.3, -0.25) is 4.79 Å². The van der Waals surface area contributed by atoms with Gasteiger partial charge < -0.3 is 15.7 Å². The van der Waals surface area contributed by atoms with E-state index in [1.165, 1.54) is 0 Å². The Hall–Kier alpha value is -1.39. The second kappa shape index (κ2) is 7.13. The first-order chi connectivity index (χ1) is 8.52. The van der Waals surface area contributed by atoms with Gasteiger partial charge in [0.1, 0.15) is 0 Å². The zero-order valence-corrected chi connectivity index (χ0v) is 11.2. The number of hydrogen-bond donors (Lipinski definition) is 3. The summed E-state index contributed by atoms with van der Waals surface area (Å²) < 4.78 is 0. The smallest absolute Gasteiger partial charge is 0.238 e. The lowest BCUT2D eigenvalue weighted by molar-refractivity contribution is -0.115. The maximum atomic E-state index is 11.7. The molecule has 0 saturated heterocycles. The van der Waals surface area contributed by atoms with Crippen LogP contribution in [-0.2, 0) is 4.79 Å². The molecule has 1 aromatic carbocycles. The van der Waals surface area contributed by atoms with Crippen molar-refractivity contribution in [3.05, 3.63) is 29.8 Å². The number of carbonyl (C=O) groups is 1. The highest BCUT2D eigenvalue weighted by molar-refractivity contribution is 5.92. The molecule has 0 heterocycles. The molecule has 2 unspecified atom stereocenters. The van der Waals surface area contributed by atoms with Crippen molar-refractivity contribution in [2.45, 2.75) is 26.8 Å². The lowest BCUT2D eigenvalue weighted by atomic mass is 10.1. The van der Waals surface area contributed by atoms with Gasteiger partial charge in [-0.05, 0) is 31.9 Å². The highest BCUT2D eigenvalue weighted by Gasteiger charge is 2.11. The van der Waals surface area contributed by atoms with Crippen LogP contribution in [0.3, 0.4) is 0 Å². The zero-order chi connectivity index (χ0) is 13.5. The molecule has 0 fully saturated rings. The number of nitrogens with one attached hydrogen (secondary N) is 2. The van der Waals surface area contributed by atoms with Crippen molar-refractivity contribution in [3.63, 3.8) is 0 Å². The summed E-state index contributed by atoms with van der Waals surface area (Å²) in [7, 11) is 0. The molecular weight excluding hydrogens is 228 g/mol. The molecule has 4 nitrogen and oxygen atoms in total. The monoisotopic (exact) mass is 250 g/mol. The van der Waals surface area contributed by atoms with Crippen LogP contribution in [0, 0.1) is 12.8 Å². The van der Waals surface area contributed by atoms with Gasteiger partial charge in [-0.2, -0.15) is 0 Å². The molecule has 4 heteroatoms. The maximum Gasteiger partial charge on any atom is 0.238 e. The van der Waals surface area contributed by atoms with Crippen LogP contribution in [0.25, 0.3) is 0 Å². The molecule has 0 aromatic heterocycles. The summed E-state index contributed by atoms with van der Waals surface area (Å²) in [5.74, 6) is 0.0630. The van der Waals surface area contributed by atoms with Crippen molar-refractivity contribution in [1.29, 1.82) is 0 Å². The standard InChI is InChI=1S/C14H22N2O2/c1-10-4-6-13(7-5-10)16-14(18)8-15-12(3)11(2)9-17/h4-7,11-12,15,17H,8-9H2,1-3H3,(H,16,18). The summed E-state index contributed by atoms with van der Waals surface area (Å²) in [6, 6.07) is 7.79. The van der Waals surface area contributed by atoms with E-state index in [1.54, 1.807) is 0 Å². The quantitative estimate of drug-likeness (QED) is 0.717. The minimum Gasteiger partial charge on any atom is -0.396 e. The van der Waals surface area contributed by atoms with E-state index in [1.807, 2.05) is 45.0 Å². The second-order valence-corrected chi connectivity index (χ2v) is 4.74. The molecule has 0 aliphatic rings. The van der Waals surface area contributed by atoms with Crippen molar-refractivity contribution in [3.8, 4) is 0 Å². The Morgan fingerprint density at radius 2 is 1.89 bits per heavy atom. The number of aliphatic hydroxyl groups is 1. The van der Waals surface area contributed by atoms with Gasteiger partial charge in [0.05, 0.1) is 6.54 Å². The number of anilines is 1. The fourth-order valence-corrected chi connectivity index (χ4v) is 1.46. The maximum absolute atomic E-state index is 11.7. The van der Waals surface area contributed by atoms with Crippen molar-refractivity contribution < 1.29 is 9.90 Å². The lowest BCUT2D eigenvalue weighted by Crippen LogP contribution is -2.39. The molecule has 2 atom stereocenters. The number of benzene rings is 1. The van der Waals surface area contributed by atoms with Crippen LogP contribution in [0.4, 0.5) is 5.69 Å². The van der Waals surface area contributed by atoms with Gasteiger partial charge in [0.15, 0.2) is 0 Å². The predicted molar refractivity (Wildman–Crippen MR) is 73.5 cm³/mol. The first-order valence-corrected chi connectivity index (χ1v) is 6.23. The molecule has 0 radical (unpaired) electrons. The van der Waals surface area contributed by atoms with Crippen LogP contribution in [0.1, 0.15) is 19.4 Å². The van der Waals surface area contributed by atoms with Crippen molar-refractivity contribution in [2.75, 3.05) is 18.5 Å². The van der Waals surface area contributed by atoms with Crippen LogP contribution in [0.15, 0.2) is 24.3 Å². The number of aryl methyl sites for hydroxylation is 1. The summed E-state index contributed by atoms with van der Waals surface area (Å²) in [6.45, 7) is 6.27. The van der Waals surface area contributed by atoms with Crippen LogP contribution in [0.5, 0.6) is 0 Å². The third-order valence-corrected chi connectivity index (χ3v) is 3.06. The summed E-state index contributed by atoms with van der Waals surface area (Å²) in [5, 5.41) is 14.9. The number of aliphatic hydroxyl groups excluding tert-OH is 1. The first-order valence-electron chi connectivity index (χ1n) is 6.23. The van der Waals surface area contributed by atoms with E-state index in [-0.39, 0.29) is 31.0 Å². The second-order valence-electron chi connectivity index (χ2n) is 4.74. The van der Waals surface area contributed by atoms with Crippen LogP contribution in [-0.4, -0.2) is 30.2 Å². The molecule has 0 aliphatic carbocycles. The molecule has 1 amide bonds. The van der Waals surface area contributed by atoms with E-state index < -0.39 is 0 Å². The van der Waals surface area contributed by atoms with Crippen molar-refractivity contribution >= 4 is 11.6 Å². The molecule has 0 bridgehead atoms. The van der Waals surface area contributed by atoms with Gasteiger partial charge in [-0.1, -0.05) is 24.6 Å². The van der Waals surface area contributed by atoms with Gasteiger partial charge in [-0.15, -0.1) is 0 Å². The lowest BCUT2D eigenvalue weighted by Gasteiger charge is -2.18. The van der Waals surface area contributed by atoms with Gasteiger partial charge >= 0.3 is 0 Å². The zero-order valence-electron chi connectivity index (χ0n) is 11.2. The Bertz CT molecular complexity index is 376. The molecule has 100 valence electrons. The van der Waals surface area contributed by atoms with Crippen LogP contribution < -0.4 is 10.6 Å². The molecule has 0 aliphatic heterocycles. The Morgan fingerprint density at radius 1 is 1.28 bits per heavy atom. The Kier molecular flexibility index (Phi) is 5.82. The summed E-state index contributed by atoms with van der Waals surface area (Å²) in [5.41, 5.74) is 1.96. The van der Waals surface area contributed by atoms with Gasteiger partial charge in [0.2, 0.25) is 5.91 Å². The fraction of sp³-hybridized carbons (Fsp3) is 0.500. The highest BCUT2D eigenvalue weighted by atomic mass is 16.3. The Morgan fingerprint density at radius 3 is 2.44 bits per heavy atom. The SMILES string of the molecule is Cc1ccc(NC(=O)CNC(C)C(C)CO)cc1. The molecule has 0 spiro atoms. The molecule has 3 N–H and O–H groups in total. The van der Waals surface area contributed by atoms with Gasteiger partial charge in [-0.25, -0.2) is 0 Å². The number of carbonyl (C=O) groups excluding carboxylic acids is 1. The van der Waals surface area contributed by atoms with Crippen molar-refractivity contribution in [2.24, 2.45) is 5.92 Å². The Labute approximate surface area is 108 Å². The van der Waals surface area contributed by atoms with E-state index >= 15 is 0 Å². The normalized spacial score (nSPS) is 14.0. The van der Waals surface area contributed by atoms with E-state index in [0.717, 1.165) is 11.3 Å². The van der Waals surface area contributed by atoms with Gasteiger partial charge in [0.25, 0.3) is 0 Å². The molecule has 18 heavy (non-hydrogen) atoms. The summed E-state index contributed by atoms with van der Waals surface area (Å²) >= 11 is 0. The predicted octanol–water partition coefficient (Wildman–Crippen LogP) is 1.54. The average Bonchev–Trinajstić information content (AvgIpc) is 2.37. The average molecular weight is 250 g/mol. The Balaban J connectivity index is 2.36. The van der Waals surface area contributed by atoms with Crippen molar-refractivity contribution in [1.82, 2.24) is 5.32 Å². The highest BCUT2D eigenvalue weighted by Crippen LogP contribution is 2.08. The molecule has 0 saturated carbocycles. The minimum absolute atomic E-state index is 0.0733. The number of hydrogen-bond acceptors (Lipinski definition) is 3. The largest absolute Gasteiger partial charge is 0.396 e. The topological polar surface area (TPSA) is 61.4 Å². The third-order valence-electron chi connectivity index (χ3n) is 3.06. The first kappa shape index (κ1) is 14.7. The van der Waals surface area contributed by atoms with E-state index in [9.17, 15) is 4.79 Å². The van der Waals surface area contributed by atoms with Crippen LogP contribution >= 0.6 is 0 Å². The number of rotatable bonds is 6.